The predicted octanol–water partition coefficient (Wildman–Crippen LogP) is 4.67. The van der Waals surface area contributed by atoms with E-state index in [9.17, 15) is 15.0 Å². The molecule has 0 spiro atoms. The van der Waals surface area contributed by atoms with Gasteiger partial charge >= 0.3 is 0 Å². The van der Waals surface area contributed by atoms with Crippen molar-refractivity contribution in [3.8, 4) is 10.6 Å². The van der Waals surface area contributed by atoms with Gasteiger partial charge in [-0.15, -0.1) is 11.3 Å². The summed E-state index contributed by atoms with van der Waals surface area (Å²) in [5.41, 5.74) is 2.20. The monoisotopic (exact) mass is 505 g/mol. The van der Waals surface area contributed by atoms with Crippen molar-refractivity contribution in [2.24, 2.45) is 16.7 Å². The average molecular weight is 506 g/mol. The lowest BCUT2D eigenvalue weighted by Crippen LogP contribution is -2.57. The number of amides is 1. The van der Waals surface area contributed by atoms with Gasteiger partial charge in [0.15, 0.2) is 0 Å². The third-order valence-corrected chi connectivity index (χ3v) is 10.0. The Morgan fingerprint density at radius 3 is 2.67 bits per heavy atom. The maximum absolute atomic E-state index is 13.6. The molecule has 7 heteroatoms. The van der Waals surface area contributed by atoms with Gasteiger partial charge < -0.3 is 15.1 Å². The number of hydrogen-bond donors (Lipinski definition) is 2. The molecule has 0 saturated heterocycles. The fourth-order valence-corrected chi connectivity index (χ4v) is 7.69. The van der Waals surface area contributed by atoms with Crippen LogP contribution in [0.4, 0.5) is 0 Å². The third-order valence-electron chi connectivity index (χ3n) is 8.87. The van der Waals surface area contributed by atoms with E-state index in [-0.39, 0.29) is 29.8 Å². The largest absolute Gasteiger partial charge is 0.396 e. The minimum atomic E-state index is -0.625. The summed E-state index contributed by atoms with van der Waals surface area (Å²) in [4.78, 5) is 26.0. The van der Waals surface area contributed by atoms with E-state index in [1.165, 1.54) is 0 Å². The number of benzene rings is 1. The summed E-state index contributed by atoms with van der Waals surface area (Å²) in [5, 5.41) is 22.4. The number of hydrogen-bond acceptors (Lipinski definition) is 6. The van der Waals surface area contributed by atoms with Gasteiger partial charge in [-0.05, 0) is 48.3 Å². The number of pyridine rings is 1. The number of aliphatic hydroxyl groups is 2. The van der Waals surface area contributed by atoms with Gasteiger partial charge in [0.2, 0.25) is 5.91 Å². The topological polar surface area (TPSA) is 86.6 Å². The molecule has 6 nitrogen and oxygen atoms in total. The van der Waals surface area contributed by atoms with E-state index in [4.69, 9.17) is 4.98 Å². The fourth-order valence-electron chi connectivity index (χ4n) is 6.53. The Bertz CT molecular complexity index is 1220. The molecule has 3 aromatic rings. The molecule has 5 rings (SSSR count). The molecule has 2 heterocycles. The van der Waals surface area contributed by atoms with Crippen LogP contribution in [0, 0.1) is 16.7 Å². The van der Waals surface area contributed by atoms with Gasteiger partial charge in [-0.1, -0.05) is 44.2 Å². The highest BCUT2D eigenvalue weighted by atomic mass is 32.1. The summed E-state index contributed by atoms with van der Waals surface area (Å²) in [6, 6.07) is 14.0. The molecule has 5 atom stereocenters. The van der Waals surface area contributed by atoms with Gasteiger partial charge in [0.1, 0.15) is 5.01 Å². The molecule has 0 bridgehead atoms. The third kappa shape index (κ3) is 4.27. The van der Waals surface area contributed by atoms with E-state index in [0.29, 0.717) is 19.4 Å². The molecule has 2 aliphatic rings. The molecule has 1 saturated carbocycles. The lowest BCUT2D eigenvalue weighted by molar-refractivity contribution is -0.147. The molecule has 1 aromatic carbocycles. The second-order valence-electron chi connectivity index (χ2n) is 11.0. The zero-order chi connectivity index (χ0) is 25.5. The summed E-state index contributed by atoms with van der Waals surface area (Å²) >= 11 is 1.66. The molecule has 5 unspecified atom stereocenters. The zero-order valence-corrected chi connectivity index (χ0v) is 22.0. The maximum atomic E-state index is 13.6. The van der Waals surface area contributed by atoms with Gasteiger partial charge in [-0.3, -0.25) is 9.78 Å². The second kappa shape index (κ2) is 9.69. The van der Waals surface area contributed by atoms with Crippen molar-refractivity contribution in [2.75, 3.05) is 13.7 Å². The standard InChI is InChI=1S/C29H35N3O3S/c1-28-12-11-24(34)29(2,18-33)23(28)15-22-26(31-27(36-22)20-10-7-13-30-16-20)21(28)14-25(35)32(3)17-19-8-5-4-6-9-19/h4-10,13,16,21,23-24,33-34H,11-12,14-15,17-18H2,1-3H3. The number of carbonyl (C=O) groups excluding carboxylic acids is 1. The molecule has 1 fully saturated rings. The van der Waals surface area contributed by atoms with Crippen LogP contribution < -0.4 is 0 Å². The van der Waals surface area contributed by atoms with Crippen LogP contribution in [0.2, 0.25) is 0 Å². The van der Waals surface area contributed by atoms with Crippen molar-refractivity contribution in [1.82, 2.24) is 14.9 Å². The van der Waals surface area contributed by atoms with Crippen LogP contribution in [0.5, 0.6) is 0 Å². The summed E-state index contributed by atoms with van der Waals surface area (Å²) in [6.07, 6.45) is 5.54. The summed E-state index contributed by atoms with van der Waals surface area (Å²) in [7, 11) is 1.86. The lowest BCUT2D eigenvalue weighted by atomic mass is 9.47. The van der Waals surface area contributed by atoms with Crippen LogP contribution in [0.25, 0.3) is 10.6 Å². The van der Waals surface area contributed by atoms with Gasteiger partial charge in [0, 0.05) is 54.2 Å². The second-order valence-corrected chi connectivity index (χ2v) is 12.1. The fraction of sp³-hybridized carbons (Fsp3) is 0.483. The first-order valence-electron chi connectivity index (χ1n) is 12.7. The normalized spacial score (nSPS) is 29.3. The molecular weight excluding hydrogens is 470 g/mol. The van der Waals surface area contributed by atoms with E-state index < -0.39 is 11.5 Å². The number of aliphatic hydroxyl groups excluding tert-OH is 2. The van der Waals surface area contributed by atoms with Crippen LogP contribution in [0.15, 0.2) is 54.9 Å². The van der Waals surface area contributed by atoms with Crippen molar-refractivity contribution in [3.63, 3.8) is 0 Å². The number of rotatable bonds is 6. The number of nitrogens with zero attached hydrogens (tertiary/aromatic N) is 3. The summed E-state index contributed by atoms with van der Waals surface area (Å²) < 4.78 is 0. The summed E-state index contributed by atoms with van der Waals surface area (Å²) in [6.45, 7) is 4.74. The molecule has 1 amide bonds. The highest BCUT2D eigenvalue weighted by Crippen LogP contribution is 2.63. The Morgan fingerprint density at radius 2 is 1.97 bits per heavy atom. The first-order chi connectivity index (χ1) is 17.3. The van der Waals surface area contributed by atoms with E-state index >= 15 is 0 Å². The van der Waals surface area contributed by atoms with Crippen molar-refractivity contribution >= 4 is 17.2 Å². The molecule has 190 valence electrons. The molecule has 2 N–H and O–H groups in total. The van der Waals surface area contributed by atoms with Gasteiger partial charge in [-0.2, -0.15) is 0 Å². The first-order valence-corrected chi connectivity index (χ1v) is 13.5. The van der Waals surface area contributed by atoms with E-state index in [2.05, 4.69) is 11.9 Å². The molecule has 2 aromatic heterocycles. The maximum Gasteiger partial charge on any atom is 0.223 e. The van der Waals surface area contributed by atoms with Crippen LogP contribution in [0.1, 0.15) is 55.2 Å². The Hall–Kier alpha value is -2.61. The van der Waals surface area contributed by atoms with Crippen molar-refractivity contribution in [1.29, 1.82) is 0 Å². The van der Waals surface area contributed by atoms with Crippen molar-refractivity contribution in [2.45, 2.75) is 58.1 Å². The van der Waals surface area contributed by atoms with Crippen molar-refractivity contribution < 1.29 is 15.0 Å². The molecule has 0 radical (unpaired) electrons. The van der Waals surface area contributed by atoms with Crippen molar-refractivity contribution in [3.05, 3.63) is 71.0 Å². The quantitative estimate of drug-likeness (QED) is 0.509. The predicted molar refractivity (Wildman–Crippen MR) is 141 cm³/mol. The zero-order valence-electron chi connectivity index (χ0n) is 21.2. The Kier molecular flexibility index (Phi) is 6.74. The Morgan fingerprint density at radius 1 is 1.19 bits per heavy atom. The van der Waals surface area contributed by atoms with E-state index in [1.54, 1.807) is 22.4 Å². The first kappa shape index (κ1) is 25.1. The smallest absolute Gasteiger partial charge is 0.223 e. The highest BCUT2D eigenvalue weighted by Gasteiger charge is 2.59. The van der Waals surface area contributed by atoms with E-state index in [0.717, 1.165) is 39.5 Å². The van der Waals surface area contributed by atoms with Crippen LogP contribution in [-0.4, -0.2) is 50.7 Å². The van der Waals surface area contributed by atoms with Crippen LogP contribution in [-0.2, 0) is 17.8 Å². The number of fused-ring (bicyclic) bond motifs is 2. The minimum Gasteiger partial charge on any atom is -0.396 e. The number of thiazole rings is 1. The minimum absolute atomic E-state index is 0.0469. The average Bonchev–Trinajstić information content (AvgIpc) is 3.32. The number of aromatic nitrogens is 2. The van der Waals surface area contributed by atoms with E-state index in [1.807, 2.05) is 62.6 Å². The molecular formula is C29H35N3O3S. The van der Waals surface area contributed by atoms with Gasteiger partial charge in [0.05, 0.1) is 18.4 Å². The highest BCUT2D eigenvalue weighted by molar-refractivity contribution is 7.15. The van der Waals surface area contributed by atoms with Crippen LogP contribution >= 0.6 is 11.3 Å². The van der Waals surface area contributed by atoms with Gasteiger partial charge in [0.25, 0.3) is 0 Å². The van der Waals surface area contributed by atoms with Gasteiger partial charge in [-0.25, -0.2) is 4.98 Å². The Labute approximate surface area is 217 Å². The SMILES string of the molecule is CN(Cc1ccccc1)C(=O)CC1c2nc(-c3cccnc3)sc2CC2C(C)(CO)C(O)CCC12C. The summed E-state index contributed by atoms with van der Waals surface area (Å²) in [5.74, 6) is 0.0483. The van der Waals surface area contributed by atoms with Crippen LogP contribution in [0.3, 0.4) is 0 Å². The number of carbonyl (C=O) groups is 1. The molecule has 36 heavy (non-hydrogen) atoms. The molecule has 2 aliphatic carbocycles. The lowest BCUT2D eigenvalue weighted by Gasteiger charge is -2.58. The molecule has 0 aliphatic heterocycles. The Balaban J connectivity index is 1.52.